The Morgan fingerprint density at radius 1 is 1.88 bits per heavy atom. The van der Waals surface area contributed by atoms with Gasteiger partial charge in [-0.05, 0) is 18.5 Å². The van der Waals surface area contributed by atoms with Gasteiger partial charge in [0.05, 0.1) is 0 Å². The summed E-state index contributed by atoms with van der Waals surface area (Å²) in [5, 5.41) is 0. The molecule has 0 saturated heterocycles. The molecule has 0 aliphatic heterocycles. The minimum Gasteiger partial charge on any atom is -0.302 e. The Labute approximate surface area is 51.5 Å². The van der Waals surface area contributed by atoms with Gasteiger partial charge in [-0.1, -0.05) is 0 Å². The van der Waals surface area contributed by atoms with Crippen molar-refractivity contribution in [1.29, 1.82) is 0 Å². The number of hydrogen-bond acceptors (Lipinski definition) is 2. The van der Waals surface area contributed by atoms with Crippen LogP contribution in [0.4, 0.5) is 0 Å². The molecule has 0 unspecified atom stereocenters. The second kappa shape index (κ2) is 2.13. The van der Waals surface area contributed by atoms with Crippen LogP contribution in [0, 0.1) is 0 Å². The summed E-state index contributed by atoms with van der Waals surface area (Å²) >= 11 is 1.25. The highest BCUT2D eigenvalue weighted by molar-refractivity contribution is 7.03. The van der Waals surface area contributed by atoms with E-state index in [1.165, 1.54) is 11.5 Å². The predicted octanol–water partition coefficient (Wildman–Crippen LogP) is 0.930. The highest BCUT2D eigenvalue weighted by Crippen LogP contribution is 1.88. The van der Waals surface area contributed by atoms with Crippen molar-refractivity contribution in [2.45, 2.75) is 13.5 Å². The zero-order valence-corrected chi connectivity index (χ0v) is 5.44. The van der Waals surface area contributed by atoms with Gasteiger partial charge in [0.15, 0.2) is 0 Å². The van der Waals surface area contributed by atoms with Crippen molar-refractivity contribution in [2.24, 2.45) is 0 Å². The highest BCUT2D eigenvalue weighted by atomic mass is 32.1. The average molecular weight is 129 g/mol. The molecule has 0 saturated carbocycles. The summed E-state index contributed by atoms with van der Waals surface area (Å²) < 4.78 is 2.02. The molecular weight excluding hydrogens is 122 g/mol. The Kier molecular flexibility index (Phi) is 1.48. The number of nitrogens with zero attached hydrogens (tertiary/aromatic N) is 1. The minimum atomic E-state index is 0.131. The lowest BCUT2D eigenvalue weighted by molar-refractivity contribution is 0.839. The number of hydrogen-bond donors (Lipinski definition) is 0. The van der Waals surface area contributed by atoms with E-state index in [0.717, 1.165) is 6.54 Å². The van der Waals surface area contributed by atoms with Gasteiger partial charge in [-0.3, -0.25) is 4.79 Å². The fourth-order valence-corrected chi connectivity index (χ4v) is 1.09. The maximum absolute atomic E-state index is 10.4. The lowest BCUT2D eigenvalue weighted by Gasteiger charge is -1.87. The zero-order valence-electron chi connectivity index (χ0n) is 4.63. The summed E-state index contributed by atoms with van der Waals surface area (Å²) in [6.07, 6.45) is 1.80. The van der Waals surface area contributed by atoms with Crippen LogP contribution in [0.2, 0.25) is 0 Å². The van der Waals surface area contributed by atoms with Gasteiger partial charge in [-0.15, -0.1) is 0 Å². The molecule has 0 spiro atoms. The van der Waals surface area contributed by atoms with Crippen molar-refractivity contribution < 1.29 is 0 Å². The van der Waals surface area contributed by atoms with Crippen LogP contribution in [0.1, 0.15) is 6.92 Å². The standard InChI is InChI=1S/C5H7NOS/c1-2-6-4-3-5(7)8-6/h3-4H,2H2,1H3. The molecule has 2 nitrogen and oxygen atoms in total. The SMILES string of the molecule is CCn1ccc(=O)s1. The average Bonchev–Trinajstić information content (AvgIpc) is 2.14. The third-order valence-electron chi connectivity index (χ3n) is 0.896. The molecule has 1 rings (SSSR count). The smallest absolute Gasteiger partial charge is 0.249 e. The van der Waals surface area contributed by atoms with Crippen LogP contribution < -0.4 is 4.74 Å². The molecule has 1 aromatic heterocycles. The third-order valence-corrected chi connectivity index (χ3v) is 1.83. The van der Waals surface area contributed by atoms with Gasteiger partial charge in [-0.25, -0.2) is 0 Å². The Morgan fingerprint density at radius 2 is 2.62 bits per heavy atom. The quantitative estimate of drug-likeness (QED) is 0.553. The summed E-state index contributed by atoms with van der Waals surface area (Å²) in [5.41, 5.74) is 0. The number of aryl methyl sites for hydroxylation is 1. The second-order valence-electron chi connectivity index (χ2n) is 1.46. The largest absolute Gasteiger partial charge is 0.302 e. The van der Waals surface area contributed by atoms with E-state index in [1.807, 2.05) is 10.9 Å². The van der Waals surface area contributed by atoms with Gasteiger partial charge in [0.2, 0.25) is 4.74 Å². The molecule has 0 atom stereocenters. The molecule has 0 aliphatic carbocycles. The van der Waals surface area contributed by atoms with Crippen molar-refractivity contribution in [1.82, 2.24) is 3.96 Å². The van der Waals surface area contributed by atoms with Crippen LogP contribution in [0.15, 0.2) is 17.1 Å². The summed E-state index contributed by atoms with van der Waals surface area (Å²) in [6.45, 7) is 2.91. The van der Waals surface area contributed by atoms with Crippen molar-refractivity contribution in [3.05, 3.63) is 21.8 Å². The topological polar surface area (TPSA) is 22.0 Å². The molecule has 0 aliphatic rings. The van der Waals surface area contributed by atoms with Crippen LogP contribution in [0.25, 0.3) is 0 Å². The van der Waals surface area contributed by atoms with E-state index in [-0.39, 0.29) is 4.74 Å². The molecule has 8 heavy (non-hydrogen) atoms. The lowest BCUT2D eigenvalue weighted by atomic mass is 10.7. The molecule has 1 heterocycles. The van der Waals surface area contributed by atoms with Gasteiger partial charge in [-0.2, -0.15) is 0 Å². The van der Waals surface area contributed by atoms with E-state index in [2.05, 4.69) is 0 Å². The van der Waals surface area contributed by atoms with Gasteiger partial charge in [0.1, 0.15) is 0 Å². The number of aromatic nitrogens is 1. The van der Waals surface area contributed by atoms with E-state index in [1.54, 1.807) is 12.3 Å². The van der Waals surface area contributed by atoms with Crippen molar-refractivity contribution in [2.75, 3.05) is 0 Å². The Balaban J connectivity index is 3.01. The molecule has 0 aromatic carbocycles. The van der Waals surface area contributed by atoms with Crippen molar-refractivity contribution in [3.8, 4) is 0 Å². The maximum atomic E-state index is 10.4. The lowest BCUT2D eigenvalue weighted by Crippen LogP contribution is -1.85. The first kappa shape index (κ1) is 5.56. The van der Waals surface area contributed by atoms with E-state index in [4.69, 9.17) is 0 Å². The summed E-state index contributed by atoms with van der Waals surface area (Å²) in [5.74, 6) is 0. The van der Waals surface area contributed by atoms with Crippen LogP contribution >= 0.6 is 11.5 Å². The first-order valence-electron chi connectivity index (χ1n) is 2.49. The van der Waals surface area contributed by atoms with Crippen LogP contribution in [0.3, 0.4) is 0 Å². The molecule has 0 amide bonds. The monoisotopic (exact) mass is 129 g/mol. The summed E-state index contributed by atoms with van der Waals surface area (Å²) in [7, 11) is 0. The molecule has 0 fully saturated rings. The zero-order chi connectivity index (χ0) is 5.98. The Bertz CT molecular complexity index is 212. The van der Waals surface area contributed by atoms with Crippen molar-refractivity contribution >= 4 is 11.5 Å². The van der Waals surface area contributed by atoms with Crippen LogP contribution in [-0.2, 0) is 6.54 Å². The van der Waals surface area contributed by atoms with Crippen LogP contribution in [0.5, 0.6) is 0 Å². The minimum absolute atomic E-state index is 0.131. The molecule has 0 radical (unpaired) electrons. The van der Waals surface area contributed by atoms with E-state index < -0.39 is 0 Å². The predicted molar refractivity (Wildman–Crippen MR) is 34.3 cm³/mol. The van der Waals surface area contributed by atoms with E-state index in [0.29, 0.717) is 0 Å². The second-order valence-corrected chi connectivity index (χ2v) is 2.51. The van der Waals surface area contributed by atoms with Gasteiger partial charge in [0, 0.05) is 18.8 Å². The molecule has 44 valence electrons. The molecular formula is C5H7NOS. The Morgan fingerprint density at radius 3 is 2.88 bits per heavy atom. The first-order valence-corrected chi connectivity index (χ1v) is 3.27. The third kappa shape index (κ3) is 0.980. The molecule has 0 N–H and O–H groups in total. The van der Waals surface area contributed by atoms with Crippen molar-refractivity contribution in [3.63, 3.8) is 0 Å². The van der Waals surface area contributed by atoms with E-state index in [9.17, 15) is 4.79 Å². The first-order chi connectivity index (χ1) is 3.83. The molecule has 3 heteroatoms. The normalized spacial score (nSPS) is 9.62. The fraction of sp³-hybridized carbons (Fsp3) is 0.400. The van der Waals surface area contributed by atoms with Crippen LogP contribution in [-0.4, -0.2) is 3.96 Å². The molecule has 1 aromatic rings. The van der Waals surface area contributed by atoms with Gasteiger partial charge < -0.3 is 3.96 Å². The fourth-order valence-electron chi connectivity index (χ4n) is 0.490. The highest BCUT2D eigenvalue weighted by Gasteiger charge is 1.85. The number of rotatable bonds is 1. The van der Waals surface area contributed by atoms with Gasteiger partial charge >= 0.3 is 0 Å². The summed E-state index contributed by atoms with van der Waals surface area (Å²) in [4.78, 5) is 10.4. The Hall–Kier alpha value is -0.570. The summed E-state index contributed by atoms with van der Waals surface area (Å²) in [6, 6.07) is 1.58. The molecule has 0 bridgehead atoms. The van der Waals surface area contributed by atoms with Gasteiger partial charge in [0.25, 0.3) is 0 Å². The van der Waals surface area contributed by atoms with E-state index >= 15 is 0 Å². The maximum Gasteiger partial charge on any atom is 0.249 e.